The van der Waals surface area contributed by atoms with Crippen LogP contribution in [-0.2, 0) is 0 Å². The van der Waals surface area contributed by atoms with Crippen molar-refractivity contribution in [2.24, 2.45) is 0 Å². The molecule has 0 nitrogen and oxygen atoms in total. The third-order valence-electron chi connectivity index (χ3n) is 2.44. The Morgan fingerprint density at radius 1 is 1.13 bits per heavy atom. The standard InChI is InChI=1S/C13H13FS/c1-9(2)10-5-3-6-11(13(10)14)12-7-4-8-15-12/h3-9H,1-2H3. The van der Waals surface area contributed by atoms with E-state index < -0.39 is 0 Å². The number of hydrogen-bond donors (Lipinski definition) is 0. The van der Waals surface area contributed by atoms with Crippen LogP contribution in [0.4, 0.5) is 4.39 Å². The second kappa shape index (κ2) is 4.15. The van der Waals surface area contributed by atoms with E-state index in [4.69, 9.17) is 0 Å². The largest absolute Gasteiger partial charge is 0.206 e. The monoisotopic (exact) mass is 220 g/mol. The van der Waals surface area contributed by atoms with Crippen LogP contribution < -0.4 is 0 Å². The summed E-state index contributed by atoms with van der Waals surface area (Å²) >= 11 is 1.57. The number of benzene rings is 1. The number of thiophene rings is 1. The van der Waals surface area contributed by atoms with Gasteiger partial charge in [0.1, 0.15) is 5.82 Å². The molecule has 2 aromatic rings. The predicted octanol–water partition coefficient (Wildman–Crippen LogP) is 4.68. The molecule has 1 aromatic heterocycles. The molecule has 0 saturated heterocycles. The summed E-state index contributed by atoms with van der Waals surface area (Å²) < 4.78 is 14.1. The van der Waals surface area contributed by atoms with E-state index in [9.17, 15) is 4.39 Å². The van der Waals surface area contributed by atoms with Gasteiger partial charge in [0.15, 0.2) is 0 Å². The molecule has 0 aliphatic rings. The molecule has 0 saturated carbocycles. The van der Waals surface area contributed by atoms with E-state index in [1.165, 1.54) is 0 Å². The minimum Gasteiger partial charge on any atom is -0.206 e. The zero-order valence-electron chi connectivity index (χ0n) is 8.83. The molecule has 0 spiro atoms. The van der Waals surface area contributed by atoms with Crippen LogP contribution in [0.3, 0.4) is 0 Å². The molecule has 0 radical (unpaired) electrons. The van der Waals surface area contributed by atoms with Gasteiger partial charge in [0.2, 0.25) is 0 Å². The van der Waals surface area contributed by atoms with Crippen LogP contribution in [0.5, 0.6) is 0 Å². The molecule has 78 valence electrons. The van der Waals surface area contributed by atoms with Crippen molar-refractivity contribution in [1.29, 1.82) is 0 Å². The highest BCUT2D eigenvalue weighted by Gasteiger charge is 2.12. The van der Waals surface area contributed by atoms with E-state index in [-0.39, 0.29) is 11.7 Å². The molecule has 1 heterocycles. The van der Waals surface area contributed by atoms with E-state index in [0.717, 1.165) is 16.0 Å². The van der Waals surface area contributed by atoms with Gasteiger partial charge >= 0.3 is 0 Å². The summed E-state index contributed by atoms with van der Waals surface area (Å²) in [5.74, 6) is 0.153. The van der Waals surface area contributed by atoms with Crippen molar-refractivity contribution in [3.8, 4) is 10.4 Å². The Balaban J connectivity index is 2.54. The fourth-order valence-corrected chi connectivity index (χ4v) is 2.36. The molecule has 0 N–H and O–H groups in total. The zero-order chi connectivity index (χ0) is 10.8. The van der Waals surface area contributed by atoms with Gasteiger partial charge in [0.25, 0.3) is 0 Å². The molecule has 2 rings (SSSR count). The van der Waals surface area contributed by atoms with Gasteiger partial charge in [-0.2, -0.15) is 0 Å². The Labute approximate surface area is 93.4 Å². The minimum absolute atomic E-state index is 0.0741. The van der Waals surface area contributed by atoms with Gasteiger partial charge in [-0.05, 0) is 22.9 Å². The Kier molecular flexibility index (Phi) is 2.87. The molecule has 15 heavy (non-hydrogen) atoms. The molecule has 0 aliphatic carbocycles. The third kappa shape index (κ3) is 1.95. The zero-order valence-corrected chi connectivity index (χ0v) is 9.64. The average molecular weight is 220 g/mol. The van der Waals surface area contributed by atoms with E-state index in [1.807, 2.05) is 49.6 Å². The molecule has 0 unspecified atom stereocenters. The van der Waals surface area contributed by atoms with Crippen LogP contribution in [0.2, 0.25) is 0 Å². The molecular weight excluding hydrogens is 207 g/mol. The average Bonchev–Trinajstić information content (AvgIpc) is 2.70. The van der Waals surface area contributed by atoms with Crippen molar-refractivity contribution in [2.45, 2.75) is 19.8 Å². The lowest BCUT2D eigenvalue weighted by Crippen LogP contribution is -1.94. The van der Waals surface area contributed by atoms with Gasteiger partial charge in [0.05, 0.1) is 0 Å². The molecule has 1 aromatic carbocycles. The second-order valence-electron chi connectivity index (χ2n) is 3.84. The SMILES string of the molecule is CC(C)c1cccc(-c2cccs2)c1F. The van der Waals surface area contributed by atoms with Crippen LogP contribution in [0.1, 0.15) is 25.3 Å². The van der Waals surface area contributed by atoms with Crippen molar-refractivity contribution < 1.29 is 4.39 Å². The minimum atomic E-state index is -0.0741. The smallest absolute Gasteiger partial charge is 0.135 e. The van der Waals surface area contributed by atoms with Gasteiger partial charge in [-0.3, -0.25) is 0 Å². The Hall–Kier alpha value is -1.15. The molecule has 0 aliphatic heterocycles. The van der Waals surface area contributed by atoms with Gasteiger partial charge in [0, 0.05) is 10.4 Å². The molecule has 0 atom stereocenters. The summed E-state index contributed by atoms with van der Waals surface area (Å²) in [5, 5.41) is 1.97. The van der Waals surface area contributed by atoms with Crippen molar-refractivity contribution >= 4 is 11.3 Å². The summed E-state index contributed by atoms with van der Waals surface area (Å²) in [6.07, 6.45) is 0. The first kappa shape index (κ1) is 10.4. The first-order chi connectivity index (χ1) is 7.20. The molecular formula is C13H13FS. The Bertz CT molecular complexity index is 444. The van der Waals surface area contributed by atoms with Crippen LogP contribution in [0.25, 0.3) is 10.4 Å². The maximum Gasteiger partial charge on any atom is 0.135 e. The van der Waals surface area contributed by atoms with E-state index in [2.05, 4.69) is 0 Å². The van der Waals surface area contributed by atoms with Gasteiger partial charge < -0.3 is 0 Å². The van der Waals surface area contributed by atoms with Crippen molar-refractivity contribution in [2.75, 3.05) is 0 Å². The second-order valence-corrected chi connectivity index (χ2v) is 4.79. The summed E-state index contributed by atoms with van der Waals surface area (Å²) in [7, 11) is 0. The highest BCUT2D eigenvalue weighted by molar-refractivity contribution is 7.13. The van der Waals surface area contributed by atoms with Crippen LogP contribution in [-0.4, -0.2) is 0 Å². The van der Waals surface area contributed by atoms with Crippen molar-refractivity contribution in [1.82, 2.24) is 0 Å². The highest BCUT2D eigenvalue weighted by atomic mass is 32.1. The van der Waals surface area contributed by atoms with Gasteiger partial charge in [-0.15, -0.1) is 11.3 Å². The number of hydrogen-bond acceptors (Lipinski definition) is 1. The predicted molar refractivity (Wildman–Crippen MR) is 63.8 cm³/mol. The van der Waals surface area contributed by atoms with Crippen LogP contribution in [0.15, 0.2) is 35.7 Å². The van der Waals surface area contributed by atoms with E-state index >= 15 is 0 Å². The summed E-state index contributed by atoms with van der Waals surface area (Å²) in [4.78, 5) is 0.995. The third-order valence-corrected chi connectivity index (χ3v) is 3.34. The fraction of sp³-hybridized carbons (Fsp3) is 0.231. The van der Waals surface area contributed by atoms with Gasteiger partial charge in [-0.1, -0.05) is 38.1 Å². The molecule has 0 amide bonds. The van der Waals surface area contributed by atoms with Crippen molar-refractivity contribution in [3.05, 3.63) is 47.1 Å². The number of halogens is 1. The van der Waals surface area contributed by atoms with Crippen LogP contribution in [0, 0.1) is 5.82 Å². The molecule has 0 bridgehead atoms. The van der Waals surface area contributed by atoms with Gasteiger partial charge in [-0.25, -0.2) is 4.39 Å². The Morgan fingerprint density at radius 2 is 1.93 bits per heavy atom. The highest BCUT2D eigenvalue weighted by Crippen LogP contribution is 2.31. The van der Waals surface area contributed by atoms with E-state index in [1.54, 1.807) is 11.3 Å². The lowest BCUT2D eigenvalue weighted by atomic mass is 9.99. The summed E-state index contributed by atoms with van der Waals surface area (Å²) in [6.45, 7) is 4.02. The van der Waals surface area contributed by atoms with E-state index in [0.29, 0.717) is 0 Å². The maximum absolute atomic E-state index is 14.1. The van der Waals surface area contributed by atoms with Crippen molar-refractivity contribution in [3.63, 3.8) is 0 Å². The quantitative estimate of drug-likeness (QED) is 0.689. The topological polar surface area (TPSA) is 0 Å². The molecule has 2 heteroatoms. The fourth-order valence-electron chi connectivity index (χ4n) is 1.62. The number of rotatable bonds is 2. The summed E-state index contributed by atoms with van der Waals surface area (Å²) in [5.41, 5.74) is 1.51. The maximum atomic E-state index is 14.1. The first-order valence-corrected chi connectivity index (χ1v) is 5.90. The Morgan fingerprint density at radius 3 is 2.53 bits per heavy atom. The summed E-state index contributed by atoms with van der Waals surface area (Å²) in [6, 6.07) is 9.52. The lowest BCUT2D eigenvalue weighted by molar-refractivity contribution is 0.602. The molecule has 0 fully saturated rings. The van der Waals surface area contributed by atoms with Crippen LogP contribution >= 0.6 is 11.3 Å². The lowest BCUT2D eigenvalue weighted by Gasteiger charge is -2.09. The first-order valence-electron chi connectivity index (χ1n) is 5.02. The normalized spacial score (nSPS) is 10.9.